The summed E-state index contributed by atoms with van der Waals surface area (Å²) in [5.41, 5.74) is 0.510. The molecule has 0 atom stereocenters. The van der Waals surface area contributed by atoms with Crippen molar-refractivity contribution in [1.29, 1.82) is 0 Å². The lowest BCUT2D eigenvalue weighted by atomic mass is 10.2. The first kappa shape index (κ1) is 10.2. The molecule has 70 valence electrons. The Hall–Kier alpha value is -0.900. The highest BCUT2D eigenvalue weighted by Crippen LogP contribution is 2.20. The Morgan fingerprint density at radius 2 is 2.38 bits per heavy atom. The van der Waals surface area contributed by atoms with E-state index in [9.17, 15) is 4.79 Å². The number of halogens is 1. The van der Waals surface area contributed by atoms with Gasteiger partial charge in [0.25, 0.3) is 0 Å². The molecule has 0 spiro atoms. The fourth-order valence-electron chi connectivity index (χ4n) is 0.931. The highest BCUT2D eigenvalue weighted by atomic mass is 79.9. The Morgan fingerprint density at radius 3 is 2.92 bits per heavy atom. The molecule has 13 heavy (non-hydrogen) atoms. The maximum Gasteiger partial charge on any atom is 0.224 e. The molecule has 0 saturated carbocycles. The molecule has 1 rings (SSSR count). The van der Waals surface area contributed by atoms with E-state index >= 15 is 0 Å². The number of carbonyl (C=O) groups excluding carboxylic acids is 1. The van der Waals surface area contributed by atoms with Gasteiger partial charge in [0, 0.05) is 10.7 Å². The van der Waals surface area contributed by atoms with Crippen molar-refractivity contribution in [2.75, 3.05) is 6.61 Å². The molecule has 0 bridgehead atoms. The SMILES string of the molecule is CCOc1ncc(Br)cc1C(C)=O. The molecule has 0 N–H and O–H groups in total. The van der Waals surface area contributed by atoms with Crippen LogP contribution in [-0.4, -0.2) is 17.4 Å². The molecule has 0 saturated heterocycles. The number of pyridine rings is 1. The summed E-state index contributed by atoms with van der Waals surface area (Å²) in [4.78, 5) is 15.2. The van der Waals surface area contributed by atoms with Gasteiger partial charge in [-0.2, -0.15) is 0 Å². The number of hydrogen-bond acceptors (Lipinski definition) is 3. The average Bonchev–Trinajstić information content (AvgIpc) is 2.08. The summed E-state index contributed by atoms with van der Waals surface area (Å²) in [7, 11) is 0. The molecule has 1 aromatic heterocycles. The fraction of sp³-hybridized carbons (Fsp3) is 0.333. The van der Waals surface area contributed by atoms with Crippen LogP contribution < -0.4 is 4.74 Å². The lowest BCUT2D eigenvalue weighted by Crippen LogP contribution is -2.02. The van der Waals surface area contributed by atoms with Gasteiger partial charge in [0.2, 0.25) is 5.88 Å². The molecule has 0 fully saturated rings. The third-order valence-electron chi connectivity index (χ3n) is 1.48. The summed E-state index contributed by atoms with van der Waals surface area (Å²) in [6.07, 6.45) is 1.61. The van der Waals surface area contributed by atoms with E-state index < -0.39 is 0 Å². The number of hydrogen-bond donors (Lipinski definition) is 0. The first-order valence-electron chi connectivity index (χ1n) is 3.94. The normalized spacial score (nSPS) is 9.77. The second-order valence-electron chi connectivity index (χ2n) is 2.50. The highest BCUT2D eigenvalue weighted by molar-refractivity contribution is 9.10. The Labute approximate surface area is 85.3 Å². The van der Waals surface area contributed by atoms with Crippen LogP contribution in [0.3, 0.4) is 0 Å². The maximum atomic E-state index is 11.2. The largest absolute Gasteiger partial charge is 0.477 e. The molecule has 0 amide bonds. The van der Waals surface area contributed by atoms with E-state index in [2.05, 4.69) is 20.9 Å². The van der Waals surface area contributed by atoms with E-state index in [0.29, 0.717) is 18.1 Å². The van der Waals surface area contributed by atoms with Gasteiger partial charge in [-0.15, -0.1) is 0 Å². The number of Topliss-reactive ketones (excluding diaryl/α,β-unsaturated/α-hetero) is 1. The monoisotopic (exact) mass is 243 g/mol. The lowest BCUT2D eigenvalue weighted by Gasteiger charge is -2.05. The van der Waals surface area contributed by atoms with Crippen molar-refractivity contribution in [2.45, 2.75) is 13.8 Å². The number of nitrogens with zero attached hydrogens (tertiary/aromatic N) is 1. The molecule has 0 unspecified atom stereocenters. The van der Waals surface area contributed by atoms with Crippen LogP contribution in [0.2, 0.25) is 0 Å². The Kier molecular flexibility index (Phi) is 3.42. The second kappa shape index (κ2) is 4.37. The van der Waals surface area contributed by atoms with E-state index in [1.54, 1.807) is 12.3 Å². The van der Waals surface area contributed by atoms with Crippen LogP contribution >= 0.6 is 15.9 Å². The summed E-state index contributed by atoms with van der Waals surface area (Å²) in [6, 6.07) is 1.71. The first-order valence-corrected chi connectivity index (χ1v) is 4.73. The van der Waals surface area contributed by atoms with E-state index in [1.165, 1.54) is 6.92 Å². The van der Waals surface area contributed by atoms with Gasteiger partial charge in [-0.05, 0) is 35.8 Å². The van der Waals surface area contributed by atoms with E-state index in [0.717, 1.165) is 4.47 Å². The number of aromatic nitrogens is 1. The molecule has 0 radical (unpaired) electrons. The number of carbonyl (C=O) groups is 1. The van der Waals surface area contributed by atoms with Crippen molar-refractivity contribution >= 4 is 21.7 Å². The zero-order valence-corrected chi connectivity index (χ0v) is 9.09. The number of ketones is 1. The van der Waals surface area contributed by atoms with E-state index in [1.807, 2.05) is 6.92 Å². The third kappa shape index (κ3) is 2.52. The molecule has 0 aliphatic carbocycles. The third-order valence-corrected chi connectivity index (χ3v) is 1.91. The van der Waals surface area contributed by atoms with Gasteiger partial charge in [0.15, 0.2) is 5.78 Å². The highest BCUT2D eigenvalue weighted by Gasteiger charge is 2.09. The van der Waals surface area contributed by atoms with Gasteiger partial charge in [-0.3, -0.25) is 4.79 Å². The number of rotatable bonds is 3. The summed E-state index contributed by atoms with van der Waals surface area (Å²) < 4.78 is 5.98. The van der Waals surface area contributed by atoms with Crippen molar-refractivity contribution in [1.82, 2.24) is 4.98 Å². The minimum Gasteiger partial charge on any atom is -0.477 e. The van der Waals surface area contributed by atoms with Crippen LogP contribution in [0.1, 0.15) is 24.2 Å². The Morgan fingerprint density at radius 1 is 1.69 bits per heavy atom. The molecule has 1 aromatic rings. The lowest BCUT2D eigenvalue weighted by molar-refractivity contribution is 0.101. The van der Waals surface area contributed by atoms with Gasteiger partial charge >= 0.3 is 0 Å². The molecule has 0 aliphatic heterocycles. The molecular weight excluding hydrogens is 234 g/mol. The molecular formula is C9H10BrNO2. The molecule has 0 aliphatic rings. The zero-order valence-electron chi connectivity index (χ0n) is 7.50. The van der Waals surface area contributed by atoms with E-state index in [-0.39, 0.29) is 5.78 Å². The van der Waals surface area contributed by atoms with Gasteiger partial charge in [-0.1, -0.05) is 0 Å². The van der Waals surface area contributed by atoms with Crippen LogP contribution in [0.5, 0.6) is 5.88 Å². The summed E-state index contributed by atoms with van der Waals surface area (Å²) in [5.74, 6) is 0.357. The van der Waals surface area contributed by atoms with Gasteiger partial charge < -0.3 is 4.74 Å². The quantitative estimate of drug-likeness (QED) is 0.766. The first-order chi connectivity index (χ1) is 6.15. The van der Waals surface area contributed by atoms with Crippen molar-refractivity contribution in [3.05, 3.63) is 22.3 Å². The van der Waals surface area contributed by atoms with Crippen molar-refractivity contribution < 1.29 is 9.53 Å². The predicted octanol–water partition coefficient (Wildman–Crippen LogP) is 2.45. The maximum absolute atomic E-state index is 11.2. The van der Waals surface area contributed by atoms with Crippen LogP contribution in [0.15, 0.2) is 16.7 Å². The topological polar surface area (TPSA) is 39.2 Å². The summed E-state index contributed by atoms with van der Waals surface area (Å²) in [6.45, 7) is 3.86. The number of ether oxygens (including phenoxy) is 1. The molecule has 3 nitrogen and oxygen atoms in total. The average molecular weight is 244 g/mol. The standard InChI is InChI=1S/C9H10BrNO2/c1-3-13-9-8(6(2)12)4-7(10)5-11-9/h4-5H,3H2,1-2H3. The zero-order chi connectivity index (χ0) is 9.84. The van der Waals surface area contributed by atoms with E-state index in [4.69, 9.17) is 4.74 Å². The van der Waals surface area contributed by atoms with Gasteiger partial charge in [-0.25, -0.2) is 4.98 Å². The van der Waals surface area contributed by atoms with Crippen LogP contribution in [0, 0.1) is 0 Å². The van der Waals surface area contributed by atoms with Crippen molar-refractivity contribution in [2.24, 2.45) is 0 Å². The van der Waals surface area contributed by atoms with Crippen LogP contribution in [0.25, 0.3) is 0 Å². The predicted molar refractivity (Wildman–Crippen MR) is 53.1 cm³/mol. The van der Waals surface area contributed by atoms with Crippen molar-refractivity contribution in [3.8, 4) is 5.88 Å². The van der Waals surface area contributed by atoms with Gasteiger partial charge in [0.1, 0.15) is 0 Å². The molecule has 1 heterocycles. The second-order valence-corrected chi connectivity index (χ2v) is 3.41. The minimum atomic E-state index is -0.0442. The minimum absolute atomic E-state index is 0.0442. The summed E-state index contributed by atoms with van der Waals surface area (Å²) in [5, 5.41) is 0. The fourth-order valence-corrected chi connectivity index (χ4v) is 1.26. The van der Waals surface area contributed by atoms with Crippen molar-refractivity contribution in [3.63, 3.8) is 0 Å². The Bertz CT molecular complexity index is 325. The van der Waals surface area contributed by atoms with Gasteiger partial charge in [0.05, 0.1) is 12.2 Å². The molecule has 0 aromatic carbocycles. The summed E-state index contributed by atoms with van der Waals surface area (Å²) >= 11 is 3.25. The smallest absolute Gasteiger partial charge is 0.224 e. The molecule has 4 heteroatoms. The van der Waals surface area contributed by atoms with Crippen LogP contribution in [-0.2, 0) is 0 Å². The van der Waals surface area contributed by atoms with Crippen LogP contribution in [0.4, 0.5) is 0 Å². The Balaban J connectivity index is 3.10.